The van der Waals surface area contributed by atoms with Crippen molar-refractivity contribution in [1.82, 2.24) is 14.5 Å². The fraction of sp³-hybridized carbons (Fsp3) is 0.0667. The highest BCUT2D eigenvalue weighted by Crippen LogP contribution is 2.23. The molecule has 0 bridgehead atoms. The molecule has 0 atom stereocenters. The van der Waals surface area contributed by atoms with Crippen molar-refractivity contribution in [2.24, 2.45) is 0 Å². The minimum Gasteiger partial charge on any atom is -0.304 e. The van der Waals surface area contributed by atoms with E-state index in [2.05, 4.69) is 9.97 Å². The standard InChI is InChI=1S/C15H10N4O2/c1-9(20)12-5-4-10(7-16)13-14(12)19(15(21)18-13)11-3-2-6-17-8-11/h2-6,8H,1H3,(H,18,21). The van der Waals surface area contributed by atoms with Crippen LogP contribution in [-0.4, -0.2) is 20.3 Å². The van der Waals surface area contributed by atoms with Crippen molar-refractivity contribution in [2.75, 3.05) is 0 Å². The van der Waals surface area contributed by atoms with Crippen molar-refractivity contribution >= 4 is 16.8 Å². The molecule has 3 rings (SSSR count). The molecule has 0 aliphatic rings. The van der Waals surface area contributed by atoms with Crippen molar-refractivity contribution in [3.63, 3.8) is 0 Å². The van der Waals surface area contributed by atoms with Crippen LogP contribution in [0.15, 0.2) is 41.5 Å². The van der Waals surface area contributed by atoms with Crippen LogP contribution < -0.4 is 5.69 Å². The maximum atomic E-state index is 12.2. The number of aromatic amines is 1. The van der Waals surface area contributed by atoms with Gasteiger partial charge in [-0.15, -0.1) is 0 Å². The Hall–Kier alpha value is -3.20. The zero-order chi connectivity index (χ0) is 15.0. The summed E-state index contributed by atoms with van der Waals surface area (Å²) < 4.78 is 1.36. The molecule has 0 radical (unpaired) electrons. The van der Waals surface area contributed by atoms with Gasteiger partial charge in [-0.2, -0.15) is 5.26 Å². The summed E-state index contributed by atoms with van der Waals surface area (Å²) in [6, 6.07) is 8.52. The second-order valence-corrected chi connectivity index (χ2v) is 4.53. The maximum absolute atomic E-state index is 12.2. The molecular weight excluding hydrogens is 268 g/mol. The van der Waals surface area contributed by atoms with Gasteiger partial charge in [0.1, 0.15) is 6.07 Å². The molecule has 2 heterocycles. The van der Waals surface area contributed by atoms with Gasteiger partial charge in [0.2, 0.25) is 0 Å². The van der Waals surface area contributed by atoms with E-state index in [0.29, 0.717) is 27.8 Å². The summed E-state index contributed by atoms with van der Waals surface area (Å²) in [5, 5.41) is 9.16. The third kappa shape index (κ3) is 1.92. The Balaban J connectivity index is 2.52. The van der Waals surface area contributed by atoms with Gasteiger partial charge in [-0.1, -0.05) is 0 Å². The predicted molar refractivity (Wildman–Crippen MR) is 76.4 cm³/mol. The molecular formula is C15H10N4O2. The average Bonchev–Trinajstić information content (AvgIpc) is 2.83. The molecule has 0 unspecified atom stereocenters. The van der Waals surface area contributed by atoms with Crippen LogP contribution >= 0.6 is 0 Å². The summed E-state index contributed by atoms with van der Waals surface area (Å²) in [5.74, 6) is -0.180. The van der Waals surface area contributed by atoms with Gasteiger partial charge in [0.25, 0.3) is 0 Å². The van der Waals surface area contributed by atoms with Gasteiger partial charge in [0, 0.05) is 11.8 Å². The summed E-state index contributed by atoms with van der Waals surface area (Å²) in [7, 11) is 0. The van der Waals surface area contributed by atoms with Gasteiger partial charge in [-0.25, -0.2) is 4.79 Å². The highest BCUT2D eigenvalue weighted by atomic mass is 16.1. The first-order valence-electron chi connectivity index (χ1n) is 6.22. The van der Waals surface area contributed by atoms with E-state index in [1.807, 2.05) is 6.07 Å². The van der Waals surface area contributed by atoms with Crippen LogP contribution in [0.25, 0.3) is 16.7 Å². The zero-order valence-electron chi connectivity index (χ0n) is 11.1. The normalized spacial score (nSPS) is 10.5. The number of rotatable bonds is 2. The number of nitrogens with one attached hydrogen (secondary N) is 1. The molecule has 0 fully saturated rings. The van der Waals surface area contributed by atoms with Crippen molar-refractivity contribution in [2.45, 2.75) is 6.92 Å². The zero-order valence-corrected chi connectivity index (χ0v) is 11.1. The number of benzene rings is 1. The third-order valence-corrected chi connectivity index (χ3v) is 3.24. The second kappa shape index (κ2) is 4.72. The Bertz CT molecular complexity index is 945. The Morgan fingerprint density at radius 3 is 2.81 bits per heavy atom. The van der Waals surface area contributed by atoms with E-state index in [9.17, 15) is 9.59 Å². The fourth-order valence-electron chi connectivity index (χ4n) is 2.32. The first-order valence-corrected chi connectivity index (χ1v) is 6.22. The Labute approximate surface area is 119 Å². The Morgan fingerprint density at radius 2 is 2.19 bits per heavy atom. The number of Topliss-reactive ketones (excluding diaryl/α,β-unsaturated/α-hetero) is 1. The number of hydrogen-bond donors (Lipinski definition) is 1. The van der Waals surface area contributed by atoms with Gasteiger partial charge in [0.05, 0.1) is 28.5 Å². The monoisotopic (exact) mass is 278 g/mol. The first kappa shape index (κ1) is 12.8. The lowest BCUT2D eigenvalue weighted by atomic mass is 10.1. The van der Waals surface area contributed by atoms with E-state index in [-0.39, 0.29) is 5.78 Å². The van der Waals surface area contributed by atoms with E-state index in [1.165, 1.54) is 23.8 Å². The smallest absolute Gasteiger partial charge is 0.304 e. The highest BCUT2D eigenvalue weighted by molar-refractivity contribution is 6.06. The molecule has 6 nitrogen and oxygen atoms in total. The first-order chi connectivity index (χ1) is 10.1. The minimum absolute atomic E-state index is 0.180. The second-order valence-electron chi connectivity index (χ2n) is 4.53. The number of H-pyrrole nitrogens is 1. The minimum atomic E-state index is -0.414. The summed E-state index contributed by atoms with van der Waals surface area (Å²) in [5.41, 5.74) is 1.58. The predicted octanol–water partition coefficient (Wildman–Crippen LogP) is 1.79. The molecule has 0 aliphatic carbocycles. The van der Waals surface area contributed by atoms with Crippen molar-refractivity contribution < 1.29 is 4.79 Å². The van der Waals surface area contributed by atoms with E-state index >= 15 is 0 Å². The summed E-state index contributed by atoms with van der Waals surface area (Å²) >= 11 is 0. The number of nitriles is 1. The molecule has 0 saturated carbocycles. The molecule has 0 amide bonds. The van der Waals surface area contributed by atoms with Crippen LogP contribution in [0, 0.1) is 11.3 Å². The number of hydrogen-bond acceptors (Lipinski definition) is 4. The molecule has 0 saturated heterocycles. The van der Waals surface area contributed by atoms with Crippen LogP contribution in [0.2, 0.25) is 0 Å². The summed E-state index contributed by atoms with van der Waals surface area (Å²) in [6.45, 7) is 1.42. The number of carbonyl (C=O) groups is 1. The average molecular weight is 278 g/mol. The Kier molecular flexibility index (Phi) is 2.88. The van der Waals surface area contributed by atoms with Gasteiger partial charge in [-0.05, 0) is 31.2 Å². The lowest BCUT2D eigenvalue weighted by molar-refractivity contribution is 0.101. The Morgan fingerprint density at radius 1 is 1.38 bits per heavy atom. The topological polar surface area (TPSA) is 91.5 Å². The largest absolute Gasteiger partial charge is 0.331 e. The number of fused-ring (bicyclic) bond motifs is 1. The van der Waals surface area contributed by atoms with Gasteiger partial charge < -0.3 is 4.98 Å². The van der Waals surface area contributed by atoms with Gasteiger partial charge >= 0.3 is 5.69 Å². The SMILES string of the molecule is CC(=O)c1ccc(C#N)c2[nH]c(=O)n(-c3cccnc3)c12. The molecule has 0 aliphatic heterocycles. The lowest BCUT2D eigenvalue weighted by Crippen LogP contribution is -2.15. The molecule has 6 heteroatoms. The van der Waals surface area contributed by atoms with E-state index in [1.54, 1.807) is 24.4 Å². The van der Waals surface area contributed by atoms with Crippen molar-refractivity contribution in [3.05, 3.63) is 58.3 Å². The molecule has 0 spiro atoms. The molecule has 2 aromatic heterocycles. The van der Waals surface area contributed by atoms with E-state index < -0.39 is 5.69 Å². The number of pyridine rings is 1. The van der Waals surface area contributed by atoms with Crippen molar-refractivity contribution in [3.8, 4) is 11.8 Å². The van der Waals surface area contributed by atoms with Crippen LogP contribution in [0.5, 0.6) is 0 Å². The summed E-state index contributed by atoms with van der Waals surface area (Å²) in [4.78, 5) is 30.7. The molecule has 1 aromatic carbocycles. The third-order valence-electron chi connectivity index (χ3n) is 3.24. The number of aromatic nitrogens is 3. The van der Waals surface area contributed by atoms with Crippen LogP contribution in [-0.2, 0) is 0 Å². The van der Waals surface area contributed by atoms with Gasteiger partial charge in [0.15, 0.2) is 5.78 Å². The van der Waals surface area contributed by atoms with Gasteiger partial charge in [-0.3, -0.25) is 14.3 Å². The number of imidazole rings is 1. The van der Waals surface area contributed by atoms with E-state index in [4.69, 9.17) is 5.26 Å². The van der Waals surface area contributed by atoms with Crippen LogP contribution in [0.1, 0.15) is 22.8 Å². The molecule has 21 heavy (non-hydrogen) atoms. The fourth-order valence-corrected chi connectivity index (χ4v) is 2.32. The molecule has 3 aromatic rings. The number of nitrogens with zero attached hydrogens (tertiary/aromatic N) is 3. The van der Waals surface area contributed by atoms with E-state index in [0.717, 1.165) is 0 Å². The number of ketones is 1. The van der Waals surface area contributed by atoms with Crippen LogP contribution in [0.3, 0.4) is 0 Å². The highest BCUT2D eigenvalue weighted by Gasteiger charge is 2.18. The molecule has 102 valence electrons. The summed E-state index contributed by atoms with van der Waals surface area (Å²) in [6.07, 6.45) is 3.12. The maximum Gasteiger partial charge on any atom is 0.331 e. The van der Waals surface area contributed by atoms with Crippen molar-refractivity contribution in [1.29, 1.82) is 5.26 Å². The lowest BCUT2D eigenvalue weighted by Gasteiger charge is -2.06. The molecule has 1 N–H and O–H groups in total. The quantitative estimate of drug-likeness (QED) is 0.723. The van der Waals surface area contributed by atoms with Crippen LogP contribution in [0.4, 0.5) is 0 Å². The number of carbonyl (C=O) groups excluding carboxylic acids is 1.